The van der Waals surface area contributed by atoms with Crippen molar-refractivity contribution in [3.05, 3.63) is 0 Å². The zero-order valence-corrected chi connectivity index (χ0v) is 13.5. The molecule has 0 aromatic rings. The van der Waals surface area contributed by atoms with Gasteiger partial charge in [-0.05, 0) is 56.8 Å². The lowest BCUT2D eigenvalue weighted by atomic mass is 9.84. The molecule has 2 amide bonds. The van der Waals surface area contributed by atoms with Crippen molar-refractivity contribution in [3.63, 3.8) is 0 Å². The largest absolute Gasteiger partial charge is 0.340 e. The predicted molar refractivity (Wildman–Crippen MR) is 81.6 cm³/mol. The quantitative estimate of drug-likeness (QED) is 0.864. The van der Waals surface area contributed by atoms with Crippen LogP contribution in [-0.2, 0) is 9.59 Å². The van der Waals surface area contributed by atoms with Crippen LogP contribution in [0.3, 0.4) is 0 Å². The van der Waals surface area contributed by atoms with E-state index in [1.165, 1.54) is 25.7 Å². The average molecular weight is 292 g/mol. The summed E-state index contributed by atoms with van der Waals surface area (Å²) in [7, 11) is 0. The van der Waals surface area contributed by atoms with Crippen LogP contribution >= 0.6 is 0 Å². The molecule has 0 aromatic heterocycles. The Balaban J connectivity index is 1.78. The summed E-state index contributed by atoms with van der Waals surface area (Å²) in [6.45, 7) is 6.65. The lowest BCUT2D eigenvalue weighted by molar-refractivity contribution is -0.155. The van der Waals surface area contributed by atoms with E-state index in [-0.39, 0.29) is 17.9 Å². The van der Waals surface area contributed by atoms with Gasteiger partial charge in [-0.2, -0.15) is 0 Å². The third-order valence-electron chi connectivity index (χ3n) is 6.40. The topological polar surface area (TPSA) is 49.4 Å². The molecule has 3 aliphatic rings. The molecule has 2 bridgehead atoms. The monoisotopic (exact) mass is 292 g/mol. The summed E-state index contributed by atoms with van der Waals surface area (Å²) in [4.78, 5) is 27.2. The fourth-order valence-electron chi connectivity index (χ4n) is 4.81. The molecule has 2 saturated carbocycles. The molecule has 3 fully saturated rings. The summed E-state index contributed by atoms with van der Waals surface area (Å²) < 4.78 is 0. The Kier molecular flexibility index (Phi) is 3.74. The highest BCUT2D eigenvalue weighted by Crippen LogP contribution is 2.48. The van der Waals surface area contributed by atoms with Gasteiger partial charge in [0.05, 0.1) is 0 Å². The molecule has 4 heteroatoms. The van der Waals surface area contributed by atoms with Gasteiger partial charge in [-0.25, -0.2) is 0 Å². The highest BCUT2D eigenvalue weighted by Gasteiger charge is 2.49. The zero-order chi connectivity index (χ0) is 15.2. The van der Waals surface area contributed by atoms with Crippen LogP contribution in [0.25, 0.3) is 0 Å². The van der Waals surface area contributed by atoms with Crippen molar-refractivity contribution >= 4 is 11.8 Å². The third-order valence-corrected chi connectivity index (χ3v) is 6.40. The van der Waals surface area contributed by atoms with Gasteiger partial charge in [-0.1, -0.05) is 20.3 Å². The number of hydrogen-bond acceptors (Lipinski definition) is 2. The molecule has 0 radical (unpaired) electrons. The van der Waals surface area contributed by atoms with Gasteiger partial charge < -0.3 is 10.2 Å². The van der Waals surface area contributed by atoms with E-state index in [4.69, 9.17) is 0 Å². The van der Waals surface area contributed by atoms with Gasteiger partial charge in [0.2, 0.25) is 11.8 Å². The number of amides is 2. The Morgan fingerprint density at radius 2 is 1.90 bits per heavy atom. The minimum atomic E-state index is -0.665. The molecule has 1 N–H and O–H groups in total. The van der Waals surface area contributed by atoms with Gasteiger partial charge in [-0.3, -0.25) is 9.59 Å². The first kappa shape index (κ1) is 14.9. The molecule has 4 atom stereocenters. The molecule has 21 heavy (non-hydrogen) atoms. The van der Waals surface area contributed by atoms with Crippen LogP contribution in [0.1, 0.15) is 59.3 Å². The van der Waals surface area contributed by atoms with E-state index in [9.17, 15) is 9.59 Å². The van der Waals surface area contributed by atoms with Crippen LogP contribution < -0.4 is 5.32 Å². The molecule has 4 nitrogen and oxygen atoms in total. The van der Waals surface area contributed by atoms with Gasteiger partial charge in [0.25, 0.3) is 0 Å². The van der Waals surface area contributed by atoms with Crippen molar-refractivity contribution in [1.29, 1.82) is 0 Å². The molecule has 2 aliphatic carbocycles. The summed E-state index contributed by atoms with van der Waals surface area (Å²) in [5.74, 6) is 2.44. The van der Waals surface area contributed by atoms with E-state index >= 15 is 0 Å². The van der Waals surface area contributed by atoms with E-state index in [0.29, 0.717) is 18.8 Å². The highest BCUT2D eigenvalue weighted by atomic mass is 16.2. The summed E-state index contributed by atoms with van der Waals surface area (Å²) in [6.07, 6.45) is 6.65. The number of nitrogens with zero attached hydrogens (tertiary/aromatic N) is 1. The van der Waals surface area contributed by atoms with Crippen LogP contribution in [0.2, 0.25) is 0 Å². The van der Waals surface area contributed by atoms with E-state index in [0.717, 1.165) is 18.4 Å². The minimum absolute atomic E-state index is 0.0152. The molecular weight excluding hydrogens is 264 g/mol. The number of hydrogen-bond donors (Lipinski definition) is 1. The van der Waals surface area contributed by atoms with Crippen LogP contribution in [0, 0.1) is 17.8 Å². The van der Waals surface area contributed by atoms with Gasteiger partial charge in [0.1, 0.15) is 11.6 Å². The predicted octanol–water partition coefficient (Wildman–Crippen LogP) is 2.33. The van der Waals surface area contributed by atoms with Gasteiger partial charge in [-0.15, -0.1) is 0 Å². The summed E-state index contributed by atoms with van der Waals surface area (Å²) >= 11 is 0. The Labute approximate surface area is 127 Å². The number of rotatable bonds is 4. The fourth-order valence-corrected chi connectivity index (χ4v) is 4.81. The van der Waals surface area contributed by atoms with Crippen LogP contribution in [-0.4, -0.2) is 34.8 Å². The Bertz CT molecular complexity index is 444. The molecule has 1 saturated heterocycles. The average Bonchev–Trinajstić information content (AvgIpc) is 3.10. The number of nitrogens with one attached hydrogen (secondary N) is 1. The summed E-state index contributed by atoms with van der Waals surface area (Å²) in [6, 6.07) is -0.317. The first-order chi connectivity index (χ1) is 10.0. The molecule has 3 rings (SSSR count). The fraction of sp³-hybridized carbons (Fsp3) is 0.882. The molecule has 118 valence electrons. The van der Waals surface area contributed by atoms with Crippen molar-refractivity contribution in [1.82, 2.24) is 10.2 Å². The van der Waals surface area contributed by atoms with Crippen molar-refractivity contribution in [3.8, 4) is 0 Å². The van der Waals surface area contributed by atoms with Crippen molar-refractivity contribution in [2.75, 3.05) is 6.54 Å². The Morgan fingerprint density at radius 3 is 2.43 bits per heavy atom. The second-order valence-electron chi connectivity index (χ2n) is 7.35. The molecule has 0 spiro atoms. The smallest absolute Gasteiger partial charge is 0.248 e. The van der Waals surface area contributed by atoms with Crippen LogP contribution in [0.4, 0.5) is 0 Å². The van der Waals surface area contributed by atoms with Crippen molar-refractivity contribution < 1.29 is 9.59 Å². The third kappa shape index (κ3) is 2.27. The number of fused-ring (bicyclic) bond motifs is 2. The van der Waals surface area contributed by atoms with Crippen molar-refractivity contribution in [2.45, 2.75) is 70.9 Å². The maximum atomic E-state index is 13.0. The summed E-state index contributed by atoms with van der Waals surface area (Å²) in [5.41, 5.74) is -0.665. The number of carbonyl (C=O) groups excluding carboxylic acids is 2. The van der Waals surface area contributed by atoms with E-state index in [1.54, 1.807) is 0 Å². The lowest BCUT2D eigenvalue weighted by Crippen LogP contribution is -2.69. The highest BCUT2D eigenvalue weighted by molar-refractivity contribution is 5.99. The molecular formula is C17H28N2O2. The number of piperazine rings is 1. The molecule has 1 aliphatic heterocycles. The molecule has 4 unspecified atom stereocenters. The zero-order valence-electron chi connectivity index (χ0n) is 13.5. The maximum Gasteiger partial charge on any atom is 0.248 e. The second kappa shape index (κ2) is 5.29. The first-order valence-corrected chi connectivity index (χ1v) is 8.63. The molecule has 1 heterocycles. The first-order valence-electron chi connectivity index (χ1n) is 8.63. The Morgan fingerprint density at radius 1 is 1.19 bits per heavy atom. The van der Waals surface area contributed by atoms with Crippen molar-refractivity contribution in [2.24, 2.45) is 17.8 Å². The normalized spacial score (nSPS) is 38.0. The van der Waals surface area contributed by atoms with E-state index in [2.05, 4.69) is 5.32 Å². The SMILES string of the molecule is CCC1(CC)NC(=O)C(C)N(CC2CC3CCC2C3)C1=O. The van der Waals surface area contributed by atoms with E-state index in [1.807, 2.05) is 25.7 Å². The van der Waals surface area contributed by atoms with Crippen LogP contribution in [0.5, 0.6) is 0 Å². The van der Waals surface area contributed by atoms with Gasteiger partial charge >= 0.3 is 0 Å². The minimum Gasteiger partial charge on any atom is -0.340 e. The molecule has 0 aromatic carbocycles. The maximum absolute atomic E-state index is 13.0. The summed E-state index contributed by atoms with van der Waals surface area (Å²) in [5, 5.41) is 2.99. The lowest BCUT2D eigenvalue weighted by Gasteiger charge is -2.46. The van der Waals surface area contributed by atoms with Gasteiger partial charge in [0, 0.05) is 6.54 Å². The Hall–Kier alpha value is -1.06. The van der Waals surface area contributed by atoms with E-state index < -0.39 is 5.54 Å². The number of carbonyl (C=O) groups is 2. The van der Waals surface area contributed by atoms with Crippen LogP contribution in [0.15, 0.2) is 0 Å². The second-order valence-corrected chi connectivity index (χ2v) is 7.35. The standard InChI is InChI=1S/C17H28N2O2/c1-4-17(5-2)16(21)19(11(3)15(20)18-17)10-14-9-12-6-7-13(14)8-12/h11-14H,4-10H2,1-3H3,(H,18,20). The van der Waals surface area contributed by atoms with Gasteiger partial charge in [0.15, 0.2) is 0 Å².